The highest BCUT2D eigenvalue weighted by Gasteiger charge is 2.23. The maximum atomic E-state index is 13.6. The largest absolute Gasteiger partial charge is 0.492 e. The predicted octanol–water partition coefficient (Wildman–Crippen LogP) is 3.32. The number of sulfonamides is 1. The van der Waals surface area contributed by atoms with E-state index in [1.807, 2.05) is 0 Å². The summed E-state index contributed by atoms with van der Waals surface area (Å²) < 4.78 is 59.0. The zero-order valence-corrected chi connectivity index (χ0v) is 16.0. The molecule has 0 fully saturated rings. The summed E-state index contributed by atoms with van der Waals surface area (Å²) in [5.41, 5.74) is -0.393. The van der Waals surface area contributed by atoms with E-state index in [4.69, 9.17) is 16.3 Å². The molecule has 0 saturated heterocycles. The van der Waals surface area contributed by atoms with Gasteiger partial charge < -0.3 is 10.1 Å². The van der Waals surface area contributed by atoms with Crippen molar-refractivity contribution in [3.63, 3.8) is 0 Å². The summed E-state index contributed by atoms with van der Waals surface area (Å²) in [4.78, 5) is 11.9. The monoisotopic (exact) mass is 418 g/mol. The van der Waals surface area contributed by atoms with Gasteiger partial charge in [0.1, 0.15) is 17.4 Å². The van der Waals surface area contributed by atoms with Crippen molar-refractivity contribution in [2.45, 2.75) is 24.8 Å². The Labute approximate surface area is 160 Å². The second kappa shape index (κ2) is 8.64. The van der Waals surface area contributed by atoms with Crippen LogP contribution in [0.2, 0.25) is 5.02 Å². The molecule has 0 saturated carbocycles. The van der Waals surface area contributed by atoms with Crippen molar-refractivity contribution in [2.24, 2.45) is 0 Å². The molecular weight excluding hydrogens is 402 g/mol. The third-order valence-corrected chi connectivity index (χ3v) is 5.26. The van der Waals surface area contributed by atoms with Crippen LogP contribution in [0.25, 0.3) is 0 Å². The summed E-state index contributed by atoms with van der Waals surface area (Å²) in [6.45, 7) is 3.38. The van der Waals surface area contributed by atoms with Crippen LogP contribution in [0.3, 0.4) is 0 Å². The molecule has 6 nitrogen and oxygen atoms in total. The van der Waals surface area contributed by atoms with Gasteiger partial charge in [-0.3, -0.25) is 4.79 Å². The van der Waals surface area contributed by atoms with Crippen LogP contribution in [0.15, 0.2) is 41.3 Å². The van der Waals surface area contributed by atoms with Crippen molar-refractivity contribution in [1.29, 1.82) is 0 Å². The molecule has 0 unspecified atom stereocenters. The van der Waals surface area contributed by atoms with Crippen molar-refractivity contribution < 1.29 is 26.7 Å². The summed E-state index contributed by atoms with van der Waals surface area (Å²) in [7, 11) is -4.09. The zero-order chi connectivity index (χ0) is 20.2. The first-order chi connectivity index (χ1) is 12.6. The Morgan fingerprint density at radius 2 is 1.93 bits per heavy atom. The molecule has 1 amide bonds. The Morgan fingerprint density at radius 1 is 1.22 bits per heavy atom. The van der Waals surface area contributed by atoms with Gasteiger partial charge in [0, 0.05) is 6.07 Å². The lowest BCUT2D eigenvalue weighted by Gasteiger charge is -2.15. The number of carbonyl (C=O) groups is 1. The predicted molar refractivity (Wildman–Crippen MR) is 97.4 cm³/mol. The van der Waals surface area contributed by atoms with Crippen molar-refractivity contribution >= 4 is 33.2 Å². The first kappa shape index (κ1) is 21.1. The molecule has 0 aliphatic heterocycles. The number of anilines is 1. The fourth-order valence-corrected chi connectivity index (χ4v) is 3.64. The van der Waals surface area contributed by atoms with Crippen LogP contribution in [-0.2, 0) is 14.8 Å². The van der Waals surface area contributed by atoms with E-state index in [9.17, 15) is 22.0 Å². The summed E-state index contributed by atoms with van der Waals surface area (Å²) in [6, 6.07) is 5.13. The molecule has 2 N–H and O–H groups in total. The molecule has 146 valence electrons. The maximum Gasteiger partial charge on any atom is 0.242 e. The number of hydrogen-bond acceptors (Lipinski definition) is 4. The van der Waals surface area contributed by atoms with Gasteiger partial charge >= 0.3 is 0 Å². The van der Waals surface area contributed by atoms with Gasteiger partial charge in [-0.15, -0.1) is 0 Å². The van der Waals surface area contributed by atoms with Crippen LogP contribution >= 0.6 is 11.6 Å². The Kier molecular flexibility index (Phi) is 6.74. The van der Waals surface area contributed by atoms with E-state index in [1.165, 1.54) is 25.1 Å². The fourth-order valence-electron chi connectivity index (χ4n) is 2.11. The number of halogens is 3. The highest BCUT2D eigenvalue weighted by atomic mass is 35.5. The lowest BCUT2D eigenvalue weighted by atomic mass is 10.2. The molecule has 2 aromatic rings. The standard InChI is InChI=1S/C17H17ClF2N2O4S/c1-3-26-16-7-5-12(9-13(16)18)27(24,25)22-10(2)17(23)21-15-8-11(19)4-6-14(15)20/h4-10,22H,3H2,1-2H3,(H,21,23)/t10-/m0/s1. The minimum atomic E-state index is -4.09. The van der Waals surface area contributed by atoms with E-state index < -0.39 is 39.3 Å². The topological polar surface area (TPSA) is 84.5 Å². The van der Waals surface area contributed by atoms with Crippen LogP contribution in [0.4, 0.5) is 14.5 Å². The highest BCUT2D eigenvalue weighted by Crippen LogP contribution is 2.27. The Balaban J connectivity index is 2.13. The van der Waals surface area contributed by atoms with Gasteiger partial charge in [0.05, 0.1) is 28.3 Å². The average Bonchev–Trinajstić information content (AvgIpc) is 2.59. The fraction of sp³-hybridized carbons (Fsp3) is 0.235. The number of nitrogens with one attached hydrogen (secondary N) is 2. The SMILES string of the molecule is CCOc1ccc(S(=O)(=O)N[C@@H](C)C(=O)Nc2cc(F)ccc2F)cc1Cl. The highest BCUT2D eigenvalue weighted by molar-refractivity contribution is 7.89. The van der Waals surface area contributed by atoms with E-state index in [2.05, 4.69) is 10.0 Å². The van der Waals surface area contributed by atoms with Gasteiger partial charge in [-0.25, -0.2) is 17.2 Å². The third-order valence-electron chi connectivity index (χ3n) is 3.42. The van der Waals surface area contributed by atoms with Crippen LogP contribution in [0.1, 0.15) is 13.8 Å². The summed E-state index contributed by atoms with van der Waals surface area (Å²) in [6.07, 6.45) is 0. The molecule has 1 atom stereocenters. The number of benzene rings is 2. The van der Waals surface area contributed by atoms with Gasteiger partial charge in [0.2, 0.25) is 15.9 Å². The van der Waals surface area contributed by atoms with Crippen molar-refractivity contribution in [1.82, 2.24) is 4.72 Å². The smallest absolute Gasteiger partial charge is 0.242 e. The Hall–Kier alpha value is -2.23. The second-order valence-electron chi connectivity index (χ2n) is 5.48. The molecule has 2 aromatic carbocycles. The second-order valence-corrected chi connectivity index (χ2v) is 7.60. The van der Waals surface area contributed by atoms with Gasteiger partial charge in [-0.1, -0.05) is 11.6 Å². The molecule has 0 aromatic heterocycles. The van der Waals surface area contributed by atoms with E-state index >= 15 is 0 Å². The van der Waals surface area contributed by atoms with Gasteiger partial charge in [0.25, 0.3) is 0 Å². The lowest BCUT2D eigenvalue weighted by Crippen LogP contribution is -2.41. The molecule has 0 aliphatic rings. The molecule has 27 heavy (non-hydrogen) atoms. The van der Waals surface area contributed by atoms with Crippen LogP contribution < -0.4 is 14.8 Å². The summed E-state index contributed by atoms with van der Waals surface area (Å²) in [5.74, 6) is -2.13. The number of ether oxygens (including phenoxy) is 1. The van der Waals surface area contributed by atoms with Crippen LogP contribution in [0, 0.1) is 11.6 Å². The average molecular weight is 419 g/mol. The first-order valence-electron chi connectivity index (χ1n) is 7.84. The molecule has 0 aliphatic carbocycles. The minimum Gasteiger partial charge on any atom is -0.492 e. The maximum absolute atomic E-state index is 13.6. The third kappa shape index (κ3) is 5.38. The van der Waals surface area contributed by atoms with Crippen molar-refractivity contribution in [2.75, 3.05) is 11.9 Å². The summed E-state index contributed by atoms with van der Waals surface area (Å²) >= 11 is 5.98. The lowest BCUT2D eigenvalue weighted by molar-refractivity contribution is -0.117. The normalized spacial score (nSPS) is 12.5. The molecule has 2 rings (SSSR count). The van der Waals surface area contributed by atoms with Gasteiger partial charge in [-0.05, 0) is 44.2 Å². The number of amides is 1. The molecular formula is C17H17ClF2N2O4S. The molecule has 0 bridgehead atoms. The number of carbonyl (C=O) groups excluding carboxylic acids is 1. The number of hydrogen-bond donors (Lipinski definition) is 2. The zero-order valence-electron chi connectivity index (χ0n) is 14.4. The molecule has 10 heteroatoms. The quantitative estimate of drug-likeness (QED) is 0.722. The Morgan fingerprint density at radius 3 is 2.56 bits per heavy atom. The van der Waals surface area contributed by atoms with Crippen molar-refractivity contribution in [3.05, 3.63) is 53.1 Å². The molecule has 0 heterocycles. The molecule has 0 spiro atoms. The van der Waals surface area contributed by atoms with Gasteiger partial charge in [-0.2, -0.15) is 4.72 Å². The van der Waals surface area contributed by atoms with E-state index in [-0.39, 0.29) is 9.92 Å². The van der Waals surface area contributed by atoms with Gasteiger partial charge in [0.15, 0.2) is 0 Å². The Bertz CT molecular complexity index is 954. The van der Waals surface area contributed by atoms with Crippen LogP contribution in [0.5, 0.6) is 5.75 Å². The van der Waals surface area contributed by atoms with Crippen LogP contribution in [-0.4, -0.2) is 27.0 Å². The number of rotatable bonds is 7. The molecule has 0 radical (unpaired) electrons. The van der Waals surface area contributed by atoms with Crippen molar-refractivity contribution in [3.8, 4) is 5.75 Å². The summed E-state index contributed by atoms with van der Waals surface area (Å²) in [5, 5.41) is 2.23. The minimum absolute atomic E-state index is 0.0960. The van der Waals surface area contributed by atoms with E-state index in [1.54, 1.807) is 6.92 Å². The van der Waals surface area contributed by atoms with E-state index in [0.717, 1.165) is 18.2 Å². The first-order valence-corrected chi connectivity index (χ1v) is 9.70. The van der Waals surface area contributed by atoms with E-state index in [0.29, 0.717) is 12.4 Å².